The highest BCUT2D eigenvalue weighted by atomic mass is 15.0. The van der Waals surface area contributed by atoms with Crippen molar-refractivity contribution in [3.8, 4) is 0 Å². The molecule has 2 nitrogen and oxygen atoms in total. The molecule has 1 heterocycles. The molecule has 0 aromatic carbocycles. The zero-order valence-corrected chi connectivity index (χ0v) is 7.52. The number of nitrogens with zero attached hydrogens (tertiary/aromatic N) is 1. The summed E-state index contributed by atoms with van der Waals surface area (Å²) in [4.78, 5) is 0. The van der Waals surface area contributed by atoms with Gasteiger partial charge in [0.25, 0.3) is 0 Å². The molecule has 1 rings (SSSR count). The van der Waals surface area contributed by atoms with Crippen LogP contribution in [0.1, 0.15) is 16.8 Å². The Morgan fingerprint density at radius 1 is 1.36 bits per heavy atom. The van der Waals surface area contributed by atoms with Gasteiger partial charge < -0.3 is 10.3 Å². The second-order valence-corrected chi connectivity index (χ2v) is 3.00. The summed E-state index contributed by atoms with van der Waals surface area (Å²) in [5, 5.41) is 0. The van der Waals surface area contributed by atoms with Gasteiger partial charge in [-0.2, -0.15) is 0 Å². The maximum Gasteiger partial charge on any atom is 0.0345 e. The predicted octanol–water partition coefficient (Wildman–Crippen LogP) is 1.37. The number of hydrogen-bond donors (Lipinski definition) is 1. The first-order valence-corrected chi connectivity index (χ1v) is 3.99. The van der Waals surface area contributed by atoms with E-state index >= 15 is 0 Å². The summed E-state index contributed by atoms with van der Waals surface area (Å²) in [6, 6.07) is 0. The normalized spacial score (nSPS) is 10.5. The lowest BCUT2D eigenvalue weighted by Gasteiger charge is -2.02. The maximum atomic E-state index is 5.47. The second kappa shape index (κ2) is 3.09. The molecule has 2 N–H and O–H groups in total. The van der Waals surface area contributed by atoms with Crippen molar-refractivity contribution in [2.45, 2.75) is 27.3 Å². The van der Waals surface area contributed by atoms with Crippen molar-refractivity contribution in [2.75, 3.05) is 6.54 Å². The van der Waals surface area contributed by atoms with Crippen LogP contribution < -0.4 is 5.73 Å². The van der Waals surface area contributed by atoms with Crippen LogP contribution >= 0.6 is 0 Å². The molecule has 0 spiro atoms. The molecule has 0 unspecified atom stereocenters. The van der Waals surface area contributed by atoms with Crippen LogP contribution in [0.15, 0.2) is 6.20 Å². The Kier molecular flexibility index (Phi) is 2.35. The molecular weight excluding hydrogens is 136 g/mol. The summed E-state index contributed by atoms with van der Waals surface area (Å²) in [5.41, 5.74) is 9.55. The van der Waals surface area contributed by atoms with Gasteiger partial charge in [0.2, 0.25) is 0 Å². The summed E-state index contributed by atoms with van der Waals surface area (Å²) < 4.78 is 2.21. The van der Waals surface area contributed by atoms with Crippen LogP contribution in [0, 0.1) is 20.8 Å². The lowest BCUT2D eigenvalue weighted by atomic mass is 10.2. The van der Waals surface area contributed by atoms with Crippen molar-refractivity contribution in [1.29, 1.82) is 0 Å². The van der Waals surface area contributed by atoms with Gasteiger partial charge in [0.15, 0.2) is 0 Å². The van der Waals surface area contributed by atoms with Crippen LogP contribution in [-0.2, 0) is 6.54 Å². The van der Waals surface area contributed by atoms with Crippen molar-refractivity contribution < 1.29 is 0 Å². The van der Waals surface area contributed by atoms with E-state index in [0.717, 1.165) is 6.54 Å². The van der Waals surface area contributed by atoms with E-state index in [1.165, 1.54) is 16.8 Å². The van der Waals surface area contributed by atoms with Gasteiger partial charge in [0.1, 0.15) is 0 Å². The molecule has 62 valence electrons. The number of hydrogen-bond acceptors (Lipinski definition) is 1. The van der Waals surface area contributed by atoms with Crippen molar-refractivity contribution >= 4 is 0 Å². The van der Waals surface area contributed by atoms with E-state index in [9.17, 15) is 0 Å². The van der Waals surface area contributed by atoms with Crippen molar-refractivity contribution in [3.63, 3.8) is 0 Å². The van der Waals surface area contributed by atoms with Gasteiger partial charge >= 0.3 is 0 Å². The average molecular weight is 152 g/mol. The molecule has 0 aliphatic heterocycles. The number of aromatic nitrogens is 1. The Morgan fingerprint density at radius 3 is 2.36 bits per heavy atom. The minimum atomic E-state index is 0.717. The molecule has 0 saturated carbocycles. The Labute approximate surface area is 68.0 Å². The first-order chi connectivity index (χ1) is 5.16. The Bertz CT molecular complexity index is 248. The molecule has 1 aromatic rings. The van der Waals surface area contributed by atoms with Crippen LogP contribution in [0.4, 0.5) is 0 Å². The largest absolute Gasteiger partial charge is 0.350 e. The third kappa shape index (κ3) is 1.46. The molecule has 0 radical (unpaired) electrons. The summed E-state index contributed by atoms with van der Waals surface area (Å²) in [7, 11) is 0. The zero-order chi connectivity index (χ0) is 8.43. The third-order valence-corrected chi connectivity index (χ3v) is 2.28. The highest BCUT2D eigenvalue weighted by Crippen LogP contribution is 2.13. The van der Waals surface area contributed by atoms with Crippen LogP contribution in [-0.4, -0.2) is 11.1 Å². The summed E-state index contributed by atoms with van der Waals surface area (Å²) in [6.07, 6.45) is 2.16. The van der Waals surface area contributed by atoms with E-state index in [4.69, 9.17) is 5.73 Å². The Balaban J connectivity index is 2.98. The SMILES string of the molecule is Cc1cn(CCN)c(C)c1C. The van der Waals surface area contributed by atoms with Gasteiger partial charge in [-0.15, -0.1) is 0 Å². The molecule has 0 atom stereocenters. The zero-order valence-electron chi connectivity index (χ0n) is 7.52. The van der Waals surface area contributed by atoms with Crippen molar-refractivity contribution in [2.24, 2.45) is 5.73 Å². The quantitative estimate of drug-likeness (QED) is 0.681. The van der Waals surface area contributed by atoms with Crippen molar-refractivity contribution in [1.82, 2.24) is 4.57 Å². The van der Waals surface area contributed by atoms with Gasteiger partial charge in [-0.25, -0.2) is 0 Å². The van der Waals surface area contributed by atoms with Crippen LogP contribution in [0.2, 0.25) is 0 Å². The monoisotopic (exact) mass is 152 g/mol. The van der Waals surface area contributed by atoms with Crippen LogP contribution in [0.25, 0.3) is 0 Å². The van der Waals surface area contributed by atoms with Crippen LogP contribution in [0.5, 0.6) is 0 Å². The summed E-state index contributed by atoms with van der Waals surface area (Å²) in [6.45, 7) is 8.07. The summed E-state index contributed by atoms with van der Waals surface area (Å²) >= 11 is 0. The van der Waals surface area contributed by atoms with Gasteiger partial charge in [0.05, 0.1) is 0 Å². The van der Waals surface area contributed by atoms with Gasteiger partial charge in [-0.3, -0.25) is 0 Å². The number of rotatable bonds is 2. The fourth-order valence-electron chi connectivity index (χ4n) is 1.30. The smallest absolute Gasteiger partial charge is 0.0345 e. The fourth-order valence-corrected chi connectivity index (χ4v) is 1.30. The molecule has 0 aliphatic carbocycles. The van der Waals surface area contributed by atoms with E-state index in [1.54, 1.807) is 0 Å². The molecule has 2 heteroatoms. The average Bonchev–Trinajstić information content (AvgIpc) is 2.19. The van der Waals surface area contributed by atoms with Crippen molar-refractivity contribution in [3.05, 3.63) is 23.0 Å². The van der Waals surface area contributed by atoms with E-state index in [-0.39, 0.29) is 0 Å². The van der Waals surface area contributed by atoms with E-state index in [2.05, 4.69) is 31.5 Å². The molecule has 0 aliphatic rings. The molecule has 0 amide bonds. The Morgan fingerprint density at radius 2 is 2.00 bits per heavy atom. The standard InChI is InChI=1S/C9H16N2/c1-7-6-11(5-4-10)9(3)8(7)2/h6H,4-5,10H2,1-3H3. The van der Waals surface area contributed by atoms with Gasteiger partial charge in [-0.05, 0) is 31.9 Å². The molecular formula is C9H16N2. The molecule has 0 saturated heterocycles. The lowest BCUT2D eigenvalue weighted by molar-refractivity contribution is 0.691. The first kappa shape index (κ1) is 8.34. The molecule has 11 heavy (non-hydrogen) atoms. The van der Waals surface area contributed by atoms with Crippen LogP contribution in [0.3, 0.4) is 0 Å². The molecule has 0 bridgehead atoms. The fraction of sp³-hybridized carbons (Fsp3) is 0.556. The van der Waals surface area contributed by atoms with E-state index < -0.39 is 0 Å². The summed E-state index contributed by atoms with van der Waals surface area (Å²) in [5.74, 6) is 0. The Hall–Kier alpha value is -0.760. The number of aryl methyl sites for hydroxylation is 1. The van der Waals surface area contributed by atoms with Gasteiger partial charge in [0, 0.05) is 25.0 Å². The highest BCUT2D eigenvalue weighted by molar-refractivity contribution is 5.28. The minimum Gasteiger partial charge on any atom is -0.350 e. The highest BCUT2D eigenvalue weighted by Gasteiger charge is 2.02. The maximum absolute atomic E-state index is 5.47. The van der Waals surface area contributed by atoms with E-state index in [1.807, 2.05) is 0 Å². The van der Waals surface area contributed by atoms with E-state index in [0.29, 0.717) is 6.54 Å². The molecule has 1 aromatic heterocycles. The van der Waals surface area contributed by atoms with Gasteiger partial charge in [-0.1, -0.05) is 0 Å². The topological polar surface area (TPSA) is 30.9 Å². The lowest BCUT2D eigenvalue weighted by Crippen LogP contribution is -2.09. The minimum absolute atomic E-state index is 0.717. The molecule has 0 fully saturated rings. The first-order valence-electron chi connectivity index (χ1n) is 3.99. The second-order valence-electron chi connectivity index (χ2n) is 3.00. The predicted molar refractivity (Wildman–Crippen MR) is 47.7 cm³/mol. The number of nitrogens with two attached hydrogens (primary N) is 1. The third-order valence-electron chi connectivity index (χ3n) is 2.28.